The van der Waals surface area contributed by atoms with E-state index >= 15 is 0 Å². The van der Waals surface area contributed by atoms with Crippen LogP contribution in [0.5, 0.6) is 0 Å². The normalized spacial score (nSPS) is 18.9. The number of hydrogen-bond donors (Lipinski definition) is 2. The van der Waals surface area contributed by atoms with Crippen LogP contribution in [-0.2, 0) is 19.9 Å². The number of esters is 1. The molecule has 3 rings (SSSR count). The van der Waals surface area contributed by atoms with Crippen LogP contribution in [0.4, 0.5) is 11.4 Å². The zero-order chi connectivity index (χ0) is 21.2. The number of hydrogen-bond acceptors (Lipinski definition) is 6. The molecule has 0 saturated carbocycles. The van der Waals surface area contributed by atoms with Crippen molar-refractivity contribution in [1.82, 2.24) is 0 Å². The molecule has 0 fully saturated rings. The molecule has 150 valence electrons. The van der Waals surface area contributed by atoms with Crippen LogP contribution in [0.15, 0.2) is 48.5 Å². The van der Waals surface area contributed by atoms with Crippen LogP contribution in [0.1, 0.15) is 31.9 Å². The summed E-state index contributed by atoms with van der Waals surface area (Å²) in [5.41, 5.74) is -0.145. The molecule has 2 atom stereocenters. The minimum atomic E-state index is -1.82. The molecule has 7 nitrogen and oxygen atoms in total. The van der Waals surface area contributed by atoms with Gasteiger partial charge in [-0.15, -0.1) is 0 Å². The SMILES string of the molecule is CCOC(=O)[C@@H](O)[C@]1(Nc2ccccc2C#N)C(=O)N(C(C)C)c2ccccc21. The number of anilines is 2. The molecule has 0 radical (unpaired) electrons. The second-order valence-electron chi connectivity index (χ2n) is 7.03. The lowest BCUT2D eigenvalue weighted by atomic mass is 9.84. The topological polar surface area (TPSA) is 103 Å². The fraction of sp³-hybridized carbons (Fsp3) is 0.318. The van der Waals surface area contributed by atoms with E-state index < -0.39 is 23.5 Å². The van der Waals surface area contributed by atoms with E-state index in [0.29, 0.717) is 16.9 Å². The monoisotopic (exact) mass is 393 g/mol. The standard InChI is InChI=1S/C22H23N3O4/c1-4-29-20(27)19(26)22(24-17-11-7-5-9-15(17)13-23)16-10-6-8-12-18(16)25(14(2)3)21(22)28/h5-12,14,19,24,26H,4H2,1-3H3/t19-,22+/m1/s1. The Labute approximate surface area is 169 Å². The third-order valence-electron chi connectivity index (χ3n) is 4.96. The van der Waals surface area contributed by atoms with Gasteiger partial charge in [0.1, 0.15) is 6.07 Å². The van der Waals surface area contributed by atoms with Crippen molar-refractivity contribution in [1.29, 1.82) is 5.26 Å². The maximum Gasteiger partial charge on any atom is 0.338 e. The fourth-order valence-corrected chi connectivity index (χ4v) is 3.70. The van der Waals surface area contributed by atoms with Crippen LogP contribution < -0.4 is 10.2 Å². The van der Waals surface area contributed by atoms with Crippen molar-refractivity contribution in [3.05, 3.63) is 59.7 Å². The van der Waals surface area contributed by atoms with Crippen LogP contribution in [-0.4, -0.2) is 35.7 Å². The predicted octanol–water partition coefficient (Wildman–Crippen LogP) is 2.54. The second-order valence-corrected chi connectivity index (χ2v) is 7.03. The van der Waals surface area contributed by atoms with E-state index in [1.54, 1.807) is 60.4 Å². The van der Waals surface area contributed by atoms with Gasteiger partial charge in [0.2, 0.25) is 0 Å². The number of carbonyl (C=O) groups excluding carboxylic acids is 2. The van der Waals surface area contributed by atoms with Crippen LogP contribution in [0.2, 0.25) is 0 Å². The third-order valence-corrected chi connectivity index (χ3v) is 4.96. The average Bonchev–Trinajstić information content (AvgIpc) is 2.97. The fourth-order valence-electron chi connectivity index (χ4n) is 3.70. The molecule has 2 aromatic carbocycles. The molecule has 7 heteroatoms. The van der Waals surface area contributed by atoms with Gasteiger partial charge < -0.3 is 20.1 Å². The first kappa shape index (κ1) is 20.4. The third kappa shape index (κ3) is 3.22. The molecule has 0 bridgehead atoms. The highest BCUT2D eigenvalue weighted by Crippen LogP contribution is 2.46. The van der Waals surface area contributed by atoms with Crippen molar-refractivity contribution in [2.45, 2.75) is 38.5 Å². The van der Waals surface area contributed by atoms with E-state index in [9.17, 15) is 20.0 Å². The zero-order valence-corrected chi connectivity index (χ0v) is 16.5. The van der Waals surface area contributed by atoms with Gasteiger partial charge in [-0.1, -0.05) is 30.3 Å². The first-order valence-corrected chi connectivity index (χ1v) is 9.43. The number of para-hydroxylation sites is 2. The molecule has 1 heterocycles. The Morgan fingerprint density at radius 3 is 2.55 bits per heavy atom. The van der Waals surface area contributed by atoms with Gasteiger partial charge in [-0.25, -0.2) is 4.79 Å². The van der Waals surface area contributed by atoms with E-state index in [1.807, 2.05) is 13.8 Å². The van der Waals surface area contributed by atoms with Gasteiger partial charge in [-0.05, 0) is 39.0 Å². The Kier molecular flexibility index (Phi) is 5.57. The molecule has 0 saturated heterocycles. The number of carbonyl (C=O) groups is 2. The summed E-state index contributed by atoms with van der Waals surface area (Å²) in [6.07, 6.45) is -1.81. The predicted molar refractivity (Wildman–Crippen MR) is 108 cm³/mol. The number of aliphatic hydroxyl groups excluding tert-OH is 1. The Hall–Kier alpha value is -3.37. The molecular formula is C22H23N3O4. The largest absolute Gasteiger partial charge is 0.464 e. The molecule has 1 aliphatic rings. The molecule has 1 amide bonds. The number of ether oxygens (including phenoxy) is 1. The van der Waals surface area contributed by atoms with Crippen molar-refractivity contribution < 1.29 is 19.4 Å². The first-order chi connectivity index (χ1) is 13.9. The lowest BCUT2D eigenvalue weighted by Crippen LogP contribution is -2.58. The summed E-state index contributed by atoms with van der Waals surface area (Å²) in [4.78, 5) is 27.8. The molecular weight excluding hydrogens is 370 g/mol. The van der Waals surface area contributed by atoms with Crippen LogP contribution in [0.3, 0.4) is 0 Å². The molecule has 0 spiro atoms. The lowest BCUT2D eigenvalue weighted by Gasteiger charge is -2.34. The van der Waals surface area contributed by atoms with Crippen molar-refractivity contribution in [3.63, 3.8) is 0 Å². The van der Waals surface area contributed by atoms with Crippen molar-refractivity contribution >= 4 is 23.3 Å². The lowest BCUT2D eigenvalue weighted by molar-refractivity contribution is -0.159. The molecule has 0 aromatic heterocycles. The highest BCUT2D eigenvalue weighted by molar-refractivity contribution is 6.12. The summed E-state index contributed by atoms with van der Waals surface area (Å²) in [5, 5.41) is 23.6. The minimum absolute atomic E-state index is 0.0600. The summed E-state index contributed by atoms with van der Waals surface area (Å²) >= 11 is 0. The summed E-state index contributed by atoms with van der Waals surface area (Å²) in [6, 6.07) is 15.5. The summed E-state index contributed by atoms with van der Waals surface area (Å²) in [5.74, 6) is -1.40. The van der Waals surface area contributed by atoms with Gasteiger partial charge in [0.15, 0.2) is 11.6 Å². The first-order valence-electron chi connectivity index (χ1n) is 9.43. The summed E-state index contributed by atoms with van der Waals surface area (Å²) in [7, 11) is 0. The van der Waals surface area contributed by atoms with Crippen molar-refractivity contribution in [3.8, 4) is 6.07 Å². The molecule has 1 aliphatic heterocycles. The number of aliphatic hydroxyl groups is 1. The van der Waals surface area contributed by atoms with Crippen molar-refractivity contribution in [2.75, 3.05) is 16.8 Å². The number of fused-ring (bicyclic) bond motifs is 1. The number of amides is 1. The number of nitrogens with one attached hydrogen (secondary N) is 1. The quantitative estimate of drug-likeness (QED) is 0.731. The molecule has 29 heavy (non-hydrogen) atoms. The number of nitrogens with zero attached hydrogens (tertiary/aromatic N) is 2. The summed E-state index contributed by atoms with van der Waals surface area (Å²) in [6.45, 7) is 5.39. The Morgan fingerprint density at radius 2 is 1.90 bits per heavy atom. The van der Waals surface area contributed by atoms with Gasteiger partial charge in [0.25, 0.3) is 5.91 Å². The van der Waals surface area contributed by atoms with E-state index in [4.69, 9.17) is 4.74 Å². The number of rotatable bonds is 6. The smallest absolute Gasteiger partial charge is 0.338 e. The zero-order valence-electron chi connectivity index (χ0n) is 16.5. The van der Waals surface area contributed by atoms with Gasteiger partial charge >= 0.3 is 5.97 Å². The second kappa shape index (κ2) is 7.94. The highest BCUT2D eigenvalue weighted by Gasteiger charge is 2.59. The Bertz CT molecular complexity index is 982. The minimum Gasteiger partial charge on any atom is -0.464 e. The summed E-state index contributed by atoms with van der Waals surface area (Å²) < 4.78 is 5.03. The van der Waals surface area contributed by atoms with Crippen LogP contribution in [0, 0.1) is 11.3 Å². The van der Waals surface area contributed by atoms with E-state index in [0.717, 1.165) is 0 Å². The number of nitriles is 1. The maximum atomic E-state index is 13.7. The molecule has 0 aliphatic carbocycles. The Morgan fingerprint density at radius 1 is 1.24 bits per heavy atom. The van der Waals surface area contributed by atoms with E-state index in [1.165, 1.54) is 0 Å². The van der Waals surface area contributed by atoms with Gasteiger partial charge in [-0.2, -0.15) is 5.26 Å². The molecule has 2 N–H and O–H groups in total. The van der Waals surface area contributed by atoms with Crippen molar-refractivity contribution in [2.24, 2.45) is 0 Å². The highest BCUT2D eigenvalue weighted by atomic mass is 16.5. The van der Waals surface area contributed by atoms with Crippen LogP contribution >= 0.6 is 0 Å². The average molecular weight is 393 g/mol. The maximum absolute atomic E-state index is 13.7. The molecule has 0 unspecified atom stereocenters. The van der Waals surface area contributed by atoms with Gasteiger partial charge in [0, 0.05) is 11.6 Å². The van der Waals surface area contributed by atoms with Gasteiger partial charge in [-0.3, -0.25) is 4.79 Å². The molecule has 2 aromatic rings. The van der Waals surface area contributed by atoms with E-state index in [-0.39, 0.29) is 18.2 Å². The van der Waals surface area contributed by atoms with E-state index in [2.05, 4.69) is 11.4 Å². The Balaban J connectivity index is 2.25. The number of benzene rings is 2. The van der Waals surface area contributed by atoms with Crippen LogP contribution in [0.25, 0.3) is 0 Å². The van der Waals surface area contributed by atoms with Gasteiger partial charge in [0.05, 0.1) is 23.5 Å².